The molecular weight excluding hydrogens is 268 g/mol. The summed E-state index contributed by atoms with van der Waals surface area (Å²) in [5.41, 5.74) is 1.93. The number of rotatable bonds is 4. The van der Waals surface area contributed by atoms with Crippen LogP contribution in [0.5, 0.6) is 5.75 Å². The molecule has 2 aromatic rings. The molecule has 0 radical (unpaired) electrons. The first-order valence-electron chi connectivity index (χ1n) is 5.61. The van der Waals surface area contributed by atoms with Crippen molar-refractivity contribution < 1.29 is 9.53 Å². The summed E-state index contributed by atoms with van der Waals surface area (Å²) in [6.45, 7) is 3.67. The lowest BCUT2D eigenvalue weighted by Crippen LogP contribution is -2.21. The summed E-state index contributed by atoms with van der Waals surface area (Å²) in [5.74, 6) is 0.452. The van der Waals surface area contributed by atoms with Gasteiger partial charge in [-0.3, -0.25) is 10.1 Å². The molecule has 100 valence electrons. The number of aryl methyl sites for hydroxylation is 2. The standard InChI is InChI=1S/C12H13ClN4O2/c1-7-3-8(2)11(9(13)4-7)19-5-10(18)16-12-14-6-15-17-12/h3-4,6H,5H2,1-2H3,(H2,14,15,16,17,18). The molecule has 0 unspecified atom stereocenters. The van der Waals surface area contributed by atoms with Crippen molar-refractivity contribution in [1.82, 2.24) is 15.2 Å². The summed E-state index contributed by atoms with van der Waals surface area (Å²) < 4.78 is 5.43. The molecule has 0 aliphatic heterocycles. The number of amides is 1. The van der Waals surface area contributed by atoms with E-state index in [-0.39, 0.29) is 18.5 Å². The predicted octanol–water partition coefficient (Wildman–Crippen LogP) is 2.09. The van der Waals surface area contributed by atoms with Crippen LogP contribution in [-0.2, 0) is 4.79 Å². The van der Waals surface area contributed by atoms with Gasteiger partial charge in [-0.05, 0) is 31.0 Å². The van der Waals surface area contributed by atoms with Gasteiger partial charge in [0.2, 0.25) is 5.95 Å². The van der Waals surface area contributed by atoms with Gasteiger partial charge in [0.05, 0.1) is 5.02 Å². The third-order valence-corrected chi connectivity index (χ3v) is 2.67. The van der Waals surface area contributed by atoms with Crippen molar-refractivity contribution in [1.29, 1.82) is 0 Å². The first-order chi connectivity index (χ1) is 9.06. The Hall–Kier alpha value is -2.08. The molecule has 1 aromatic carbocycles. The van der Waals surface area contributed by atoms with E-state index in [0.29, 0.717) is 10.8 Å². The van der Waals surface area contributed by atoms with Crippen molar-refractivity contribution in [3.63, 3.8) is 0 Å². The molecule has 0 aliphatic carbocycles. The summed E-state index contributed by atoms with van der Waals surface area (Å²) in [6.07, 6.45) is 1.30. The SMILES string of the molecule is Cc1cc(C)c(OCC(=O)Nc2ncn[nH]2)c(Cl)c1. The fraction of sp³-hybridized carbons (Fsp3) is 0.250. The van der Waals surface area contributed by atoms with E-state index in [2.05, 4.69) is 20.5 Å². The van der Waals surface area contributed by atoms with Gasteiger partial charge in [-0.25, -0.2) is 5.10 Å². The predicted molar refractivity (Wildman–Crippen MR) is 71.4 cm³/mol. The molecule has 1 heterocycles. The molecule has 0 aliphatic rings. The molecule has 0 atom stereocenters. The fourth-order valence-electron chi connectivity index (χ4n) is 1.66. The highest BCUT2D eigenvalue weighted by atomic mass is 35.5. The Bertz CT molecular complexity index is 560. The number of halogens is 1. The number of nitrogens with zero attached hydrogens (tertiary/aromatic N) is 2. The third kappa shape index (κ3) is 3.45. The largest absolute Gasteiger partial charge is 0.482 e. The minimum Gasteiger partial charge on any atom is -0.482 e. The average molecular weight is 281 g/mol. The minimum atomic E-state index is -0.340. The first-order valence-corrected chi connectivity index (χ1v) is 5.99. The lowest BCUT2D eigenvalue weighted by atomic mass is 10.1. The number of H-pyrrole nitrogens is 1. The molecule has 0 saturated carbocycles. The van der Waals surface area contributed by atoms with Crippen LogP contribution in [0.25, 0.3) is 0 Å². The highest BCUT2D eigenvalue weighted by Crippen LogP contribution is 2.29. The first kappa shape index (κ1) is 13.4. The summed E-state index contributed by atoms with van der Waals surface area (Å²) in [6, 6.07) is 3.73. The van der Waals surface area contributed by atoms with Crippen molar-refractivity contribution in [2.24, 2.45) is 0 Å². The van der Waals surface area contributed by atoms with Gasteiger partial charge in [0, 0.05) is 0 Å². The molecule has 7 heteroatoms. The lowest BCUT2D eigenvalue weighted by Gasteiger charge is -2.11. The Kier molecular flexibility index (Phi) is 4.01. The second kappa shape index (κ2) is 5.71. The van der Waals surface area contributed by atoms with Crippen LogP contribution in [0, 0.1) is 13.8 Å². The van der Waals surface area contributed by atoms with E-state index in [1.54, 1.807) is 6.07 Å². The molecule has 2 N–H and O–H groups in total. The second-order valence-electron chi connectivity index (χ2n) is 4.06. The van der Waals surface area contributed by atoms with Crippen LogP contribution in [0.15, 0.2) is 18.5 Å². The lowest BCUT2D eigenvalue weighted by molar-refractivity contribution is -0.118. The maximum absolute atomic E-state index is 11.6. The van der Waals surface area contributed by atoms with E-state index in [0.717, 1.165) is 11.1 Å². The van der Waals surface area contributed by atoms with Crippen LogP contribution >= 0.6 is 11.6 Å². The molecule has 2 rings (SSSR count). The number of carbonyl (C=O) groups excluding carboxylic acids is 1. The van der Waals surface area contributed by atoms with Gasteiger partial charge < -0.3 is 4.74 Å². The van der Waals surface area contributed by atoms with E-state index >= 15 is 0 Å². The summed E-state index contributed by atoms with van der Waals surface area (Å²) >= 11 is 6.08. The number of hydrogen-bond donors (Lipinski definition) is 2. The van der Waals surface area contributed by atoms with Crippen LogP contribution in [0.2, 0.25) is 5.02 Å². The number of aromatic amines is 1. The topological polar surface area (TPSA) is 79.9 Å². The van der Waals surface area contributed by atoms with Crippen LogP contribution in [0.4, 0.5) is 5.95 Å². The molecule has 0 fully saturated rings. The number of ether oxygens (including phenoxy) is 1. The van der Waals surface area contributed by atoms with Crippen molar-refractivity contribution >= 4 is 23.5 Å². The maximum atomic E-state index is 11.6. The average Bonchev–Trinajstić information content (AvgIpc) is 2.80. The maximum Gasteiger partial charge on any atom is 0.264 e. The molecule has 1 aromatic heterocycles. The Balaban J connectivity index is 1.97. The molecular formula is C12H13ClN4O2. The molecule has 0 bridgehead atoms. The van der Waals surface area contributed by atoms with Gasteiger partial charge in [-0.2, -0.15) is 10.1 Å². The van der Waals surface area contributed by atoms with Gasteiger partial charge >= 0.3 is 0 Å². The number of carbonyl (C=O) groups is 1. The molecule has 0 saturated heterocycles. The summed E-state index contributed by atoms with van der Waals surface area (Å²) in [5, 5.41) is 9.14. The van der Waals surface area contributed by atoms with Crippen molar-refractivity contribution in [3.05, 3.63) is 34.6 Å². The van der Waals surface area contributed by atoms with Crippen molar-refractivity contribution in [2.75, 3.05) is 11.9 Å². The van der Waals surface area contributed by atoms with E-state index in [9.17, 15) is 4.79 Å². The second-order valence-corrected chi connectivity index (χ2v) is 4.47. The highest BCUT2D eigenvalue weighted by Gasteiger charge is 2.10. The molecule has 1 amide bonds. The van der Waals surface area contributed by atoms with Gasteiger partial charge in [-0.15, -0.1) is 0 Å². The van der Waals surface area contributed by atoms with Crippen molar-refractivity contribution in [3.8, 4) is 5.75 Å². The zero-order valence-electron chi connectivity index (χ0n) is 10.5. The fourth-order valence-corrected chi connectivity index (χ4v) is 2.03. The zero-order chi connectivity index (χ0) is 13.8. The third-order valence-electron chi connectivity index (χ3n) is 2.39. The Labute approximate surface area is 115 Å². The molecule has 0 spiro atoms. The van der Waals surface area contributed by atoms with Gasteiger partial charge in [-0.1, -0.05) is 17.7 Å². The Morgan fingerprint density at radius 2 is 2.26 bits per heavy atom. The van der Waals surface area contributed by atoms with Crippen molar-refractivity contribution in [2.45, 2.75) is 13.8 Å². The van der Waals surface area contributed by atoms with Gasteiger partial charge in [0.1, 0.15) is 12.1 Å². The monoisotopic (exact) mass is 280 g/mol. The summed E-state index contributed by atoms with van der Waals surface area (Å²) in [4.78, 5) is 15.4. The quantitative estimate of drug-likeness (QED) is 0.899. The normalized spacial score (nSPS) is 10.3. The zero-order valence-corrected chi connectivity index (χ0v) is 11.3. The van der Waals surface area contributed by atoms with E-state index in [1.165, 1.54) is 6.33 Å². The van der Waals surface area contributed by atoms with Crippen LogP contribution < -0.4 is 10.1 Å². The number of hydrogen-bond acceptors (Lipinski definition) is 4. The highest BCUT2D eigenvalue weighted by molar-refractivity contribution is 6.32. The van der Waals surface area contributed by atoms with E-state index in [4.69, 9.17) is 16.3 Å². The number of aromatic nitrogens is 3. The number of anilines is 1. The molecule has 6 nitrogen and oxygen atoms in total. The van der Waals surface area contributed by atoms with Crippen LogP contribution in [0.1, 0.15) is 11.1 Å². The smallest absolute Gasteiger partial charge is 0.264 e. The van der Waals surface area contributed by atoms with Gasteiger partial charge in [0.15, 0.2) is 6.61 Å². The Morgan fingerprint density at radius 1 is 1.47 bits per heavy atom. The van der Waals surface area contributed by atoms with Crippen LogP contribution in [0.3, 0.4) is 0 Å². The minimum absolute atomic E-state index is 0.148. The van der Waals surface area contributed by atoms with E-state index in [1.807, 2.05) is 19.9 Å². The summed E-state index contributed by atoms with van der Waals surface area (Å²) in [7, 11) is 0. The Morgan fingerprint density at radius 3 is 2.89 bits per heavy atom. The molecule has 19 heavy (non-hydrogen) atoms. The number of nitrogens with one attached hydrogen (secondary N) is 2. The van der Waals surface area contributed by atoms with E-state index < -0.39 is 0 Å². The van der Waals surface area contributed by atoms with Gasteiger partial charge in [0.25, 0.3) is 5.91 Å². The number of benzene rings is 1. The van der Waals surface area contributed by atoms with Crippen LogP contribution in [-0.4, -0.2) is 27.7 Å².